The second-order valence-corrected chi connectivity index (χ2v) is 7.18. The van der Waals surface area contributed by atoms with Crippen LogP contribution in [0.1, 0.15) is 5.56 Å². The van der Waals surface area contributed by atoms with E-state index < -0.39 is 11.6 Å². The minimum absolute atomic E-state index is 0.337. The molecule has 0 bridgehead atoms. The van der Waals surface area contributed by atoms with Crippen LogP contribution in [0.15, 0.2) is 72.9 Å². The molecule has 0 aliphatic rings. The molecule has 0 N–H and O–H groups in total. The van der Waals surface area contributed by atoms with Gasteiger partial charge in [-0.1, -0.05) is 17.3 Å². The summed E-state index contributed by atoms with van der Waals surface area (Å²) in [6, 6.07) is 17.1. The Bertz CT molecular complexity index is 1470. The topological polar surface area (TPSA) is 52.8 Å². The minimum Gasteiger partial charge on any atom is -0.457 e. The van der Waals surface area contributed by atoms with Gasteiger partial charge in [-0.15, -0.1) is 5.10 Å². The average molecular weight is 432 g/mol. The molecule has 0 saturated carbocycles. The Morgan fingerprint density at radius 3 is 2.50 bits per heavy atom. The Hall–Kier alpha value is -4.20. The van der Waals surface area contributed by atoms with Gasteiger partial charge < -0.3 is 4.74 Å². The number of fused-ring (bicyclic) bond motifs is 1. The number of halogens is 3. The maximum absolute atomic E-state index is 13.9. The zero-order valence-electron chi connectivity index (χ0n) is 16.8. The first-order valence-corrected chi connectivity index (χ1v) is 9.70. The van der Waals surface area contributed by atoms with E-state index in [0.29, 0.717) is 39.7 Å². The summed E-state index contributed by atoms with van der Waals surface area (Å²) in [5.41, 5.74) is 2.53. The highest BCUT2D eigenvalue weighted by atomic mass is 19.2. The van der Waals surface area contributed by atoms with Crippen LogP contribution in [0.5, 0.6) is 11.5 Å². The predicted molar refractivity (Wildman–Crippen MR) is 113 cm³/mol. The number of benzene rings is 3. The van der Waals surface area contributed by atoms with Gasteiger partial charge in [0, 0.05) is 17.5 Å². The van der Waals surface area contributed by atoms with Gasteiger partial charge in [0.05, 0.1) is 23.1 Å². The third-order valence-electron chi connectivity index (χ3n) is 4.99. The molecule has 0 saturated heterocycles. The van der Waals surface area contributed by atoms with Gasteiger partial charge in [0.2, 0.25) is 0 Å². The molecule has 5 aromatic rings. The lowest BCUT2D eigenvalue weighted by molar-refractivity contribution is 0.481. The third-order valence-corrected chi connectivity index (χ3v) is 4.99. The zero-order valence-corrected chi connectivity index (χ0v) is 16.8. The number of aryl methyl sites for hydroxylation is 1. The van der Waals surface area contributed by atoms with Crippen LogP contribution >= 0.6 is 0 Å². The van der Waals surface area contributed by atoms with Crippen LogP contribution in [-0.4, -0.2) is 20.0 Å². The third kappa shape index (κ3) is 3.66. The molecule has 5 rings (SSSR count). The Morgan fingerprint density at radius 1 is 0.812 bits per heavy atom. The minimum atomic E-state index is -0.968. The lowest BCUT2D eigenvalue weighted by Gasteiger charge is -2.10. The first-order chi connectivity index (χ1) is 15.5. The fourth-order valence-electron chi connectivity index (χ4n) is 3.26. The Labute approximate surface area is 180 Å². The van der Waals surface area contributed by atoms with Crippen molar-refractivity contribution in [3.05, 3.63) is 95.9 Å². The zero-order chi connectivity index (χ0) is 22.2. The van der Waals surface area contributed by atoms with Crippen LogP contribution in [0.3, 0.4) is 0 Å². The Morgan fingerprint density at radius 2 is 1.69 bits per heavy atom. The molecule has 2 aromatic heterocycles. The van der Waals surface area contributed by atoms with Crippen LogP contribution in [-0.2, 0) is 0 Å². The monoisotopic (exact) mass is 432 g/mol. The highest BCUT2D eigenvalue weighted by molar-refractivity contribution is 5.87. The fraction of sp³-hybridized carbons (Fsp3) is 0.0417. The largest absolute Gasteiger partial charge is 0.457 e. The molecule has 0 radical (unpaired) electrons. The van der Waals surface area contributed by atoms with E-state index in [-0.39, 0.29) is 5.82 Å². The fourth-order valence-corrected chi connectivity index (χ4v) is 3.26. The molecule has 0 aliphatic heterocycles. The second-order valence-electron chi connectivity index (χ2n) is 7.18. The number of nitrogens with zero attached hydrogens (tertiary/aromatic N) is 4. The van der Waals surface area contributed by atoms with Crippen molar-refractivity contribution >= 4 is 10.9 Å². The standard InChI is InChI=1S/C24H15F3N4O/c1-14-5-7-16(12-19(14)26)32-24-4-2-3-21-17(24)8-10-22(28-21)23-13-31(30-29-23)15-6-9-18(25)20(27)11-15/h2-13H,1H3. The van der Waals surface area contributed by atoms with E-state index in [0.717, 1.165) is 17.5 Å². The molecular weight excluding hydrogens is 417 g/mol. The van der Waals surface area contributed by atoms with Crippen molar-refractivity contribution in [1.29, 1.82) is 0 Å². The second kappa shape index (κ2) is 7.81. The van der Waals surface area contributed by atoms with Crippen molar-refractivity contribution in [2.24, 2.45) is 0 Å². The van der Waals surface area contributed by atoms with Gasteiger partial charge in [0.25, 0.3) is 0 Å². The van der Waals surface area contributed by atoms with Crippen molar-refractivity contribution in [3.8, 4) is 28.6 Å². The molecular formula is C24H15F3N4O. The van der Waals surface area contributed by atoms with Gasteiger partial charge in [0.15, 0.2) is 11.6 Å². The van der Waals surface area contributed by atoms with E-state index in [1.54, 1.807) is 43.5 Å². The summed E-state index contributed by atoms with van der Waals surface area (Å²) < 4.78 is 47.8. The molecule has 158 valence electrons. The van der Waals surface area contributed by atoms with Crippen LogP contribution in [0.2, 0.25) is 0 Å². The summed E-state index contributed by atoms with van der Waals surface area (Å²) >= 11 is 0. The summed E-state index contributed by atoms with van der Waals surface area (Å²) in [6.07, 6.45) is 1.58. The lowest BCUT2D eigenvalue weighted by atomic mass is 10.1. The van der Waals surface area contributed by atoms with E-state index in [1.807, 2.05) is 12.1 Å². The Balaban J connectivity index is 1.47. The van der Waals surface area contributed by atoms with Crippen molar-refractivity contribution in [2.45, 2.75) is 6.92 Å². The number of rotatable bonds is 4. The van der Waals surface area contributed by atoms with Gasteiger partial charge in [0.1, 0.15) is 23.0 Å². The number of aromatic nitrogens is 4. The van der Waals surface area contributed by atoms with Crippen molar-refractivity contribution in [1.82, 2.24) is 20.0 Å². The molecule has 0 aliphatic carbocycles. The Kier molecular flexibility index (Phi) is 4.82. The molecule has 3 aromatic carbocycles. The summed E-state index contributed by atoms with van der Waals surface area (Å²) in [4.78, 5) is 4.61. The molecule has 0 amide bonds. The molecule has 32 heavy (non-hydrogen) atoms. The first kappa shape index (κ1) is 19.7. The van der Waals surface area contributed by atoms with Gasteiger partial charge in [-0.2, -0.15) is 0 Å². The SMILES string of the molecule is Cc1ccc(Oc2cccc3nc(-c4cn(-c5ccc(F)c(F)c5)nn4)ccc23)cc1F. The number of hydrogen-bond donors (Lipinski definition) is 0. The number of pyridine rings is 1. The van der Waals surface area contributed by atoms with E-state index in [9.17, 15) is 13.2 Å². The highest BCUT2D eigenvalue weighted by Crippen LogP contribution is 2.31. The van der Waals surface area contributed by atoms with Crippen LogP contribution in [0, 0.1) is 24.4 Å². The summed E-state index contributed by atoms with van der Waals surface area (Å²) in [6.45, 7) is 1.69. The van der Waals surface area contributed by atoms with Gasteiger partial charge in [-0.3, -0.25) is 0 Å². The molecule has 0 fully saturated rings. The first-order valence-electron chi connectivity index (χ1n) is 9.70. The van der Waals surface area contributed by atoms with Crippen LogP contribution < -0.4 is 4.74 Å². The predicted octanol–water partition coefficient (Wildman–Crippen LogP) is 6.00. The lowest BCUT2D eigenvalue weighted by Crippen LogP contribution is -1.96. The molecule has 5 nitrogen and oxygen atoms in total. The quantitative estimate of drug-likeness (QED) is 0.350. The molecule has 8 heteroatoms. The molecule has 0 unspecified atom stereocenters. The van der Waals surface area contributed by atoms with E-state index >= 15 is 0 Å². The molecule has 0 spiro atoms. The van der Waals surface area contributed by atoms with Crippen LogP contribution in [0.25, 0.3) is 28.0 Å². The summed E-state index contributed by atoms with van der Waals surface area (Å²) in [7, 11) is 0. The maximum Gasteiger partial charge on any atom is 0.160 e. The van der Waals surface area contributed by atoms with E-state index in [2.05, 4.69) is 15.3 Å². The number of hydrogen-bond acceptors (Lipinski definition) is 4. The smallest absolute Gasteiger partial charge is 0.160 e. The van der Waals surface area contributed by atoms with Crippen molar-refractivity contribution in [2.75, 3.05) is 0 Å². The molecule has 0 atom stereocenters. The van der Waals surface area contributed by atoms with Gasteiger partial charge in [-0.05, 0) is 55.0 Å². The highest BCUT2D eigenvalue weighted by Gasteiger charge is 2.12. The average Bonchev–Trinajstić information content (AvgIpc) is 3.28. The summed E-state index contributed by atoms with van der Waals surface area (Å²) in [5, 5.41) is 8.81. The van der Waals surface area contributed by atoms with Crippen molar-refractivity contribution < 1.29 is 17.9 Å². The van der Waals surface area contributed by atoms with Gasteiger partial charge >= 0.3 is 0 Å². The van der Waals surface area contributed by atoms with Crippen LogP contribution in [0.4, 0.5) is 13.2 Å². The van der Waals surface area contributed by atoms with E-state index in [4.69, 9.17) is 4.74 Å². The van der Waals surface area contributed by atoms with Gasteiger partial charge in [-0.25, -0.2) is 22.8 Å². The maximum atomic E-state index is 13.9. The number of ether oxygens (including phenoxy) is 1. The summed E-state index contributed by atoms with van der Waals surface area (Å²) in [5.74, 6) is -1.32. The normalized spacial score (nSPS) is 11.1. The van der Waals surface area contributed by atoms with Crippen molar-refractivity contribution in [3.63, 3.8) is 0 Å². The van der Waals surface area contributed by atoms with E-state index in [1.165, 1.54) is 16.8 Å². The molecule has 2 heterocycles.